The Morgan fingerprint density at radius 3 is 1.40 bits per heavy atom. The van der Waals surface area contributed by atoms with Gasteiger partial charge in [-0.2, -0.15) is 0 Å². The van der Waals surface area contributed by atoms with E-state index in [4.69, 9.17) is 0 Å². The van der Waals surface area contributed by atoms with Crippen LogP contribution in [-0.4, -0.2) is 0 Å². The Kier molecular flexibility index (Phi) is 6.27. The van der Waals surface area contributed by atoms with E-state index in [1.165, 1.54) is 108 Å². The maximum absolute atomic E-state index is 2.41. The molecule has 8 aromatic rings. The zero-order valence-corrected chi connectivity index (χ0v) is 25.3. The molecule has 0 radical (unpaired) electrons. The number of rotatable bonds is 4. The monoisotopic (exact) mass is 574 g/mol. The standard InChI is InChI=1S/C45H34/c1-4-15-35-29-36(26-21-30(35)11-1)45-41-19-9-7-17-39(41)44(40-18-8-10-20-42(40)45)34-24-22-33(23-25-34)43-37-16-6-5-14-32(37)27-28-38(43)31-12-2-3-13-31/h1,4-11,14-29,31H,2-3,12-13H2. The molecule has 0 heterocycles. The van der Waals surface area contributed by atoms with Crippen molar-refractivity contribution in [2.24, 2.45) is 0 Å². The third-order valence-corrected chi connectivity index (χ3v) is 10.2. The van der Waals surface area contributed by atoms with Gasteiger partial charge >= 0.3 is 0 Å². The van der Waals surface area contributed by atoms with Gasteiger partial charge in [0.2, 0.25) is 0 Å². The highest BCUT2D eigenvalue weighted by molar-refractivity contribution is 6.21. The van der Waals surface area contributed by atoms with Crippen LogP contribution in [0.2, 0.25) is 0 Å². The average Bonchev–Trinajstić information content (AvgIpc) is 3.65. The predicted molar refractivity (Wildman–Crippen MR) is 194 cm³/mol. The van der Waals surface area contributed by atoms with Crippen molar-refractivity contribution in [2.75, 3.05) is 0 Å². The number of hydrogen-bond acceptors (Lipinski definition) is 0. The maximum atomic E-state index is 2.41. The molecule has 1 aliphatic rings. The summed E-state index contributed by atoms with van der Waals surface area (Å²) in [6.07, 6.45) is 5.27. The molecule has 0 bridgehead atoms. The van der Waals surface area contributed by atoms with Crippen LogP contribution >= 0.6 is 0 Å². The van der Waals surface area contributed by atoms with Crippen molar-refractivity contribution in [1.82, 2.24) is 0 Å². The summed E-state index contributed by atoms with van der Waals surface area (Å²) in [4.78, 5) is 0. The molecule has 0 spiro atoms. The third kappa shape index (κ3) is 4.36. The first-order chi connectivity index (χ1) is 22.3. The van der Waals surface area contributed by atoms with E-state index in [1.54, 1.807) is 0 Å². The number of fused-ring (bicyclic) bond motifs is 4. The summed E-state index contributed by atoms with van der Waals surface area (Å²) in [5.74, 6) is 0.653. The minimum atomic E-state index is 0.653. The van der Waals surface area contributed by atoms with Crippen LogP contribution in [-0.2, 0) is 0 Å². The topological polar surface area (TPSA) is 0 Å². The number of benzene rings is 8. The largest absolute Gasteiger partial charge is 0.0616 e. The van der Waals surface area contributed by atoms with Crippen molar-refractivity contribution >= 4 is 43.1 Å². The lowest BCUT2D eigenvalue weighted by Gasteiger charge is -2.20. The fourth-order valence-electron chi connectivity index (χ4n) is 8.09. The van der Waals surface area contributed by atoms with Crippen LogP contribution in [0.4, 0.5) is 0 Å². The van der Waals surface area contributed by atoms with Crippen molar-refractivity contribution < 1.29 is 0 Å². The zero-order valence-electron chi connectivity index (χ0n) is 25.3. The van der Waals surface area contributed by atoms with Crippen LogP contribution < -0.4 is 0 Å². The second-order valence-corrected chi connectivity index (χ2v) is 12.7. The number of hydrogen-bond donors (Lipinski definition) is 0. The molecule has 45 heavy (non-hydrogen) atoms. The van der Waals surface area contributed by atoms with Gasteiger partial charge in [0.1, 0.15) is 0 Å². The molecule has 0 aromatic heterocycles. The molecule has 214 valence electrons. The Morgan fingerprint density at radius 1 is 0.333 bits per heavy atom. The molecule has 0 aliphatic heterocycles. The molecule has 0 saturated heterocycles. The second kappa shape index (κ2) is 10.8. The van der Waals surface area contributed by atoms with Gasteiger partial charge in [0.05, 0.1) is 0 Å². The maximum Gasteiger partial charge on any atom is -0.00262 e. The van der Waals surface area contributed by atoms with Gasteiger partial charge in [0.25, 0.3) is 0 Å². The lowest BCUT2D eigenvalue weighted by molar-refractivity contribution is 0.726. The first kappa shape index (κ1) is 26.2. The fraction of sp³-hybridized carbons (Fsp3) is 0.111. The van der Waals surface area contributed by atoms with Crippen molar-refractivity contribution in [3.8, 4) is 33.4 Å². The Morgan fingerprint density at radius 2 is 0.778 bits per heavy atom. The molecule has 0 N–H and O–H groups in total. The van der Waals surface area contributed by atoms with Crippen molar-refractivity contribution in [3.63, 3.8) is 0 Å². The quantitative estimate of drug-likeness (QED) is 0.183. The molecule has 1 saturated carbocycles. The molecule has 8 aromatic carbocycles. The van der Waals surface area contributed by atoms with Crippen molar-refractivity contribution in [1.29, 1.82) is 0 Å². The van der Waals surface area contributed by atoms with E-state index in [2.05, 4.69) is 152 Å². The van der Waals surface area contributed by atoms with Gasteiger partial charge < -0.3 is 0 Å². The summed E-state index contributed by atoms with van der Waals surface area (Å²) >= 11 is 0. The summed E-state index contributed by atoms with van der Waals surface area (Å²) in [5.41, 5.74) is 9.41. The molecule has 0 atom stereocenters. The highest BCUT2D eigenvalue weighted by Gasteiger charge is 2.22. The Balaban J connectivity index is 1.25. The van der Waals surface area contributed by atoms with E-state index in [1.807, 2.05) is 0 Å². The minimum absolute atomic E-state index is 0.653. The molecule has 0 unspecified atom stereocenters. The van der Waals surface area contributed by atoms with Crippen LogP contribution in [0.3, 0.4) is 0 Å². The first-order valence-corrected chi connectivity index (χ1v) is 16.4. The van der Waals surface area contributed by atoms with Gasteiger partial charge in [-0.3, -0.25) is 0 Å². The summed E-state index contributed by atoms with van der Waals surface area (Å²) in [6, 6.07) is 56.6. The SMILES string of the molecule is c1ccc2cc(-c3c4ccccc4c(-c4ccc(-c5c(C6CCCC6)ccc6ccccc56)cc4)c4ccccc34)ccc2c1. The molecule has 1 aliphatic carbocycles. The summed E-state index contributed by atoms with van der Waals surface area (Å²) in [7, 11) is 0. The van der Waals surface area contributed by atoms with Gasteiger partial charge in [0.15, 0.2) is 0 Å². The minimum Gasteiger partial charge on any atom is -0.0616 e. The highest BCUT2D eigenvalue weighted by atomic mass is 14.3. The molecular weight excluding hydrogens is 540 g/mol. The molecule has 9 rings (SSSR count). The summed E-state index contributed by atoms with van der Waals surface area (Å²) in [5, 5.41) is 10.4. The lowest BCUT2D eigenvalue weighted by atomic mass is 9.84. The van der Waals surface area contributed by atoms with E-state index >= 15 is 0 Å². The molecule has 0 nitrogen and oxygen atoms in total. The van der Waals surface area contributed by atoms with E-state index in [9.17, 15) is 0 Å². The fourth-order valence-corrected chi connectivity index (χ4v) is 8.09. The first-order valence-electron chi connectivity index (χ1n) is 16.4. The summed E-state index contributed by atoms with van der Waals surface area (Å²) < 4.78 is 0. The van der Waals surface area contributed by atoms with E-state index in [-0.39, 0.29) is 0 Å². The molecule has 0 heteroatoms. The Hall–Kier alpha value is -5.20. The Labute approximate surface area is 264 Å². The van der Waals surface area contributed by atoms with Gasteiger partial charge in [-0.25, -0.2) is 0 Å². The van der Waals surface area contributed by atoms with E-state index in [0.29, 0.717) is 5.92 Å². The van der Waals surface area contributed by atoms with Gasteiger partial charge in [-0.15, -0.1) is 0 Å². The van der Waals surface area contributed by atoms with Crippen molar-refractivity contribution in [2.45, 2.75) is 31.6 Å². The van der Waals surface area contributed by atoms with Gasteiger partial charge in [-0.1, -0.05) is 158 Å². The lowest BCUT2D eigenvalue weighted by Crippen LogP contribution is -1.97. The van der Waals surface area contributed by atoms with Crippen LogP contribution in [0.5, 0.6) is 0 Å². The summed E-state index contributed by atoms with van der Waals surface area (Å²) in [6.45, 7) is 0. The predicted octanol–water partition coefficient (Wildman–Crippen LogP) is 13.0. The van der Waals surface area contributed by atoms with Gasteiger partial charge in [0, 0.05) is 0 Å². The second-order valence-electron chi connectivity index (χ2n) is 12.7. The molecule has 0 amide bonds. The smallest absolute Gasteiger partial charge is 0.00262 e. The van der Waals surface area contributed by atoms with E-state index < -0.39 is 0 Å². The van der Waals surface area contributed by atoms with Crippen molar-refractivity contribution in [3.05, 3.63) is 157 Å². The molecule has 1 fully saturated rings. The van der Waals surface area contributed by atoms with Crippen LogP contribution in [0.25, 0.3) is 76.5 Å². The third-order valence-electron chi connectivity index (χ3n) is 10.2. The zero-order chi connectivity index (χ0) is 29.7. The highest BCUT2D eigenvalue weighted by Crippen LogP contribution is 2.46. The Bertz CT molecular complexity index is 2310. The van der Waals surface area contributed by atoms with Gasteiger partial charge in [-0.05, 0) is 107 Å². The normalized spacial score (nSPS) is 13.8. The van der Waals surface area contributed by atoms with Crippen LogP contribution in [0.15, 0.2) is 152 Å². The molecular formula is C45H34. The van der Waals surface area contributed by atoms with E-state index in [0.717, 1.165) is 0 Å². The van der Waals surface area contributed by atoms with Crippen LogP contribution in [0, 0.1) is 0 Å². The van der Waals surface area contributed by atoms with Crippen LogP contribution in [0.1, 0.15) is 37.2 Å². The average molecular weight is 575 g/mol.